The predicted octanol–water partition coefficient (Wildman–Crippen LogP) is 3.62. The number of fused-ring (bicyclic) bond motifs is 1. The molecule has 4 rings (SSSR count). The van der Waals surface area contributed by atoms with Crippen molar-refractivity contribution in [3.63, 3.8) is 0 Å². The first-order chi connectivity index (χ1) is 13.5. The van der Waals surface area contributed by atoms with Crippen LogP contribution < -0.4 is 11.2 Å². The number of hydrogen-bond donors (Lipinski definition) is 2. The number of aromatic nitrogens is 4. The van der Waals surface area contributed by atoms with Gasteiger partial charge in [0.05, 0.1) is 16.0 Å². The highest BCUT2D eigenvalue weighted by atomic mass is 32.2. The van der Waals surface area contributed by atoms with Crippen LogP contribution in [0, 0.1) is 13.8 Å². The van der Waals surface area contributed by atoms with E-state index in [1.807, 2.05) is 30.3 Å². The molecular formula is C19H18N6OS2. The topological polar surface area (TPSA) is 98.7 Å². The van der Waals surface area contributed by atoms with E-state index in [0.29, 0.717) is 11.0 Å². The highest BCUT2D eigenvalue weighted by Gasteiger charge is 2.11. The second kappa shape index (κ2) is 7.61. The van der Waals surface area contributed by atoms with E-state index in [2.05, 4.69) is 39.6 Å². The molecule has 142 valence electrons. The standard InChI is InChI=1S/C19H18N6OS2/c1-11-3-8-15-16(9-11)28-18(22-15)13-4-6-14(7-5-13)21-17(26)10-27-19-24-23-12(2)25(19)20/h3-9H,10,20H2,1-2H3,(H,21,26). The minimum Gasteiger partial charge on any atom is -0.336 e. The Labute approximate surface area is 170 Å². The van der Waals surface area contributed by atoms with Crippen molar-refractivity contribution in [1.29, 1.82) is 0 Å². The average Bonchev–Trinajstić information content (AvgIpc) is 3.24. The predicted molar refractivity (Wildman–Crippen MR) is 114 cm³/mol. The van der Waals surface area contributed by atoms with Gasteiger partial charge in [0, 0.05) is 11.3 Å². The van der Waals surface area contributed by atoms with E-state index in [4.69, 9.17) is 5.84 Å². The Bertz CT molecular complexity index is 1150. The SMILES string of the molecule is Cc1ccc2nc(-c3ccc(NC(=O)CSc4nnc(C)n4N)cc3)sc2c1. The summed E-state index contributed by atoms with van der Waals surface area (Å²) < 4.78 is 2.54. The summed E-state index contributed by atoms with van der Waals surface area (Å²) in [5.41, 5.74) is 3.99. The number of carbonyl (C=O) groups excluding carboxylic acids is 1. The van der Waals surface area contributed by atoms with Gasteiger partial charge in [-0.3, -0.25) is 4.79 Å². The van der Waals surface area contributed by atoms with E-state index in [1.165, 1.54) is 26.7 Å². The molecule has 2 aromatic heterocycles. The van der Waals surface area contributed by atoms with E-state index >= 15 is 0 Å². The van der Waals surface area contributed by atoms with Gasteiger partial charge in [-0.15, -0.1) is 21.5 Å². The van der Waals surface area contributed by atoms with Crippen LogP contribution in [0.15, 0.2) is 47.6 Å². The minimum absolute atomic E-state index is 0.131. The molecule has 28 heavy (non-hydrogen) atoms. The smallest absolute Gasteiger partial charge is 0.234 e. The molecule has 0 saturated carbocycles. The van der Waals surface area contributed by atoms with Crippen LogP contribution in [0.5, 0.6) is 0 Å². The number of hydrogen-bond acceptors (Lipinski definition) is 7. The highest BCUT2D eigenvalue weighted by Crippen LogP contribution is 2.31. The average molecular weight is 411 g/mol. The van der Waals surface area contributed by atoms with Crippen molar-refractivity contribution in [1.82, 2.24) is 19.9 Å². The summed E-state index contributed by atoms with van der Waals surface area (Å²) in [7, 11) is 0. The van der Waals surface area contributed by atoms with Crippen LogP contribution in [-0.2, 0) is 4.79 Å². The third-order valence-corrected chi connectivity index (χ3v) is 6.14. The van der Waals surface area contributed by atoms with Gasteiger partial charge < -0.3 is 11.2 Å². The molecule has 2 heterocycles. The summed E-state index contributed by atoms with van der Waals surface area (Å²) >= 11 is 2.91. The summed E-state index contributed by atoms with van der Waals surface area (Å²) in [6.07, 6.45) is 0. The molecule has 0 saturated heterocycles. The molecule has 0 bridgehead atoms. The number of anilines is 1. The molecule has 0 aliphatic carbocycles. The van der Waals surface area contributed by atoms with Crippen molar-refractivity contribution in [2.75, 3.05) is 16.9 Å². The number of thioether (sulfide) groups is 1. The lowest BCUT2D eigenvalue weighted by Gasteiger charge is -2.05. The van der Waals surface area contributed by atoms with Gasteiger partial charge in [-0.1, -0.05) is 17.8 Å². The van der Waals surface area contributed by atoms with Gasteiger partial charge in [-0.2, -0.15) is 0 Å². The third kappa shape index (κ3) is 3.85. The second-order valence-corrected chi connectivity index (χ2v) is 8.28. The fourth-order valence-corrected chi connectivity index (χ4v) is 4.40. The summed E-state index contributed by atoms with van der Waals surface area (Å²) in [5.74, 6) is 6.46. The van der Waals surface area contributed by atoms with Crippen molar-refractivity contribution < 1.29 is 4.79 Å². The molecule has 1 amide bonds. The quantitative estimate of drug-likeness (QED) is 0.385. The van der Waals surface area contributed by atoms with E-state index in [-0.39, 0.29) is 11.7 Å². The van der Waals surface area contributed by atoms with Crippen molar-refractivity contribution in [3.8, 4) is 10.6 Å². The number of nitrogens with one attached hydrogen (secondary N) is 1. The lowest BCUT2D eigenvalue weighted by molar-refractivity contribution is -0.113. The fraction of sp³-hybridized carbons (Fsp3) is 0.158. The summed E-state index contributed by atoms with van der Waals surface area (Å²) in [5, 5.41) is 12.1. The van der Waals surface area contributed by atoms with Crippen LogP contribution in [-0.4, -0.2) is 31.5 Å². The van der Waals surface area contributed by atoms with Crippen LogP contribution in [0.1, 0.15) is 11.4 Å². The van der Waals surface area contributed by atoms with Gasteiger partial charge in [-0.05, 0) is 55.8 Å². The summed E-state index contributed by atoms with van der Waals surface area (Å²) in [4.78, 5) is 16.9. The molecule has 7 nitrogen and oxygen atoms in total. The summed E-state index contributed by atoms with van der Waals surface area (Å²) in [6, 6.07) is 13.9. The molecule has 0 fully saturated rings. The summed E-state index contributed by atoms with van der Waals surface area (Å²) in [6.45, 7) is 3.83. The van der Waals surface area contributed by atoms with Crippen molar-refractivity contribution in [2.24, 2.45) is 0 Å². The molecular weight excluding hydrogens is 392 g/mol. The second-order valence-electron chi connectivity index (χ2n) is 6.30. The number of nitrogens with two attached hydrogens (primary N) is 1. The van der Waals surface area contributed by atoms with Crippen LogP contribution in [0.4, 0.5) is 5.69 Å². The van der Waals surface area contributed by atoms with Crippen molar-refractivity contribution in [2.45, 2.75) is 19.0 Å². The highest BCUT2D eigenvalue weighted by molar-refractivity contribution is 7.99. The maximum absolute atomic E-state index is 12.2. The van der Waals surface area contributed by atoms with Crippen LogP contribution in [0.25, 0.3) is 20.8 Å². The van der Waals surface area contributed by atoms with E-state index in [1.54, 1.807) is 18.3 Å². The molecule has 0 aliphatic rings. The molecule has 0 atom stereocenters. The number of nitrogens with zero attached hydrogens (tertiary/aromatic N) is 4. The van der Waals surface area contributed by atoms with Crippen LogP contribution in [0.3, 0.4) is 0 Å². The Morgan fingerprint density at radius 1 is 1.18 bits per heavy atom. The van der Waals surface area contributed by atoms with Crippen molar-refractivity contribution in [3.05, 3.63) is 53.9 Å². The number of aryl methyl sites for hydroxylation is 2. The van der Waals surface area contributed by atoms with E-state index < -0.39 is 0 Å². The molecule has 0 radical (unpaired) electrons. The molecule has 4 aromatic rings. The maximum atomic E-state index is 12.2. The monoisotopic (exact) mass is 410 g/mol. The molecule has 0 spiro atoms. The molecule has 0 unspecified atom stereocenters. The fourth-order valence-electron chi connectivity index (χ4n) is 2.63. The first-order valence-electron chi connectivity index (χ1n) is 8.57. The zero-order chi connectivity index (χ0) is 19.7. The molecule has 0 aliphatic heterocycles. The first-order valence-corrected chi connectivity index (χ1v) is 10.4. The number of benzene rings is 2. The third-order valence-electron chi connectivity index (χ3n) is 4.13. The Morgan fingerprint density at radius 2 is 1.96 bits per heavy atom. The van der Waals surface area contributed by atoms with E-state index in [9.17, 15) is 4.79 Å². The van der Waals surface area contributed by atoms with Gasteiger partial charge >= 0.3 is 0 Å². The first kappa shape index (κ1) is 18.5. The van der Waals surface area contributed by atoms with E-state index in [0.717, 1.165) is 21.8 Å². The largest absolute Gasteiger partial charge is 0.336 e. The van der Waals surface area contributed by atoms with Crippen LogP contribution >= 0.6 is 23.1 Å². The maximum Gasteiger partial charge on any atom is 0.234 e. The Balaban J connectivity index is 1.41. The number of rotatable bonds is 5. The molecule has 2 aromatic carbocycles. The number of carbonyl (C=O) groups is 1. The molecule has 3 N–H and O–H groups in total. The van der Waals surface area contributed by atoms with Gasteiger partial charge in [0.15, 0.2) is 0 Å². The zero-order valence-electron chi connectivity index (χ0n) is 15.3. The van der Waals surface area contributed by atoms with Crippen LogP contribution in [0.2, 0.25) is 0 Å². The normalized spacial score (nSPS) is 11.1. The molecule has 9 heteroatoms. The van der Waals surface area contributed by atoms with Gasteiger partial charge in [-0.25, -0.2) is 9.66 Å². The van der Waals surface area contributed by atoms with Gasteiger partial charge in [0.25, 0.3) is 0 Å². The van der Waals surface area contributed by atoms with Crippen molar-refractivity contribution >= 4 is 44.9 Å². The zero-order valence-corrected chi connectivity index (χ0v) is 17.0. The minimum atomic E-state index is -0.131. The number of amides is 1. The Morgan fingerprint density at radius 3 is 2.68 bits per heavy atom. The van der Waals surface area contributed by atoms with Gasteiger partial charge in [0.1, 0.15) is 10.8 Å². The number of thiazole rings is 1. The van der Waals surface area contributed by atoms with Gasteiger partial charge in [0.2, 0.25) is 11.1 Å². The number of nitrogen functional groups attached to an aromatic ring is 1. The lowest BCUT2D eigenvalue weighted by Crippen LogP contribution is -2.16. The lowest BCUT2D eigenvalue weighted by atomic mass is 10.2. The Hall–Kier alpha value is -2.91. The Kier molecular flexibility index (Phi) is 5.01.